The summed E-state index contributed by atoms with van der Waals surface area (Å²) in [5, 5.41) is 7.77. The molecule has 1 aromatic carbocycles. The molecule has 0 aliphatic carbocycles. The van der Waals surface area contributed by atoms with Crippen molar-refractivity contribution in [1.29, 1.82) is 0 Å². The fraction of sp³-hybridized carbons (Fsp3) is 0.357. The van der Waals surface area contributed by atoms with E-state index in [1.807, 2.05) is 23.0 Å². The number of nitrogens with zero attached hydrogens (tertiary/aromatic N) is 2. The number of nitrogens with one attached hydrogen (secondary N) is 1. The minimum atomic E-state index is 0.497. The van der Waals surface area contributed by atoms with Crippen molar-refractivity contribution in [3.63, 3.8) is 0 Å². The number of rotatable bonds is 5. The molecular weight excluding hydrogens is 290 g/mol. The Balaban J connectivity index is 2.00. The molecule has 0 spiro atoms. The van der Waals surface area contributed by atoms with E-state index in [4.69, 9.17) is 0 Å². The summed E-state index contributed by atoms with van der Waals surface area (Å²) in [4.78, 5) is 0. The van der Waals surface area contributed by atoms with Crippen LogP contribution in [0.1, 0.15) is 25.0 Å². The lowest BCUT2D eigenvalue weighted by molar-refractivity contribution is 0.588. The molecule has 0 unspecified atom stereocenters. The van der Waals surface area contributed by atoms with Crippen molar-refractivity contribution in [2.75, 3.05) is 0 Å². The first-order chi connectivity index (χ1) is 8.65. The maximum atomic E-state index is 4.39. The lowest BCUT2D eigenvalue weighted by atomic mass is 10.2. The predicted octanol–water partition coefficient (Wildman–Crippen LogP) is 3.19. The van der Waals surface area contributed by atoms with Crippen LogP contribution in [0.15, 0.2) is 41.1 Å². The summed E-state index contributed by atoms with van der Waals surface area (Å²) in [5.41, 5.74) is 2.46. The Bertz CT molecular complexity index is 505. The molecule has 0 amide bonds. The first kappa shape index (κ1) is 13.3. The van der Waals surface area contributed by atoms with Crippen LogP contribution in [0.25, 0.3) is 0 Å². The van der Waals surface area contributed by atoms with Crippen molar-refractivity contribution in [3.05, 3.63) is 52.3 Å². The largest absolute Gasteiger partial charge is 0.310 e. The Morgan fingerprint density at radius 3 is 2.83 bits per heavy atom. The van der Waals surface area contributed by atoms with E-state index in [0.29, 0.717) is 6.04 Å². The smallest absolute Gasteiger partial charge is 0.0670 e. The number of benzene rings is 1. The lowest BCUT2D eigenvalue weighted by Crippen LogP contribution is -2.21. The molecule has 1 N–H and O–H groups in total. The molecule has 0 aliphatic heterocycles. The quantitative estimate of drug-likeness (QED) is 0.919. The monoisotopic (exact) mass is 307 g/mol. The normalized spacial score (nSPS) is 11.1. The van der Waals surface area contributed by atoms with E-state index in [1.54, 1.807) is 0 Å². The molecule has 2 aromatic rings. The van der Waals surface area contributed by atoms with Crippen LogP contribution < -0.4 is 5.32 Å². The van der Waals surface area contributed by atoms with Crippen LogP contribution >= 0.6 is 15.9 Å². The van der Waals surface area contributed by atoms with Crippen molar-refractivity contribution < 1.29 is 0 Å². The SMILES string of the molecule is CC(C)NCc1cnn(Cc2ccccc2Br)c1. The zero-order chi connectivity index (χ0) is 13.0. The zero-order valence-corrected chi connectivity index (χ0v) is 12.3. The van der Waals surface area contributed by atoms with E-state index >= 15 is 0 Å². The van der Waals surface area contributed by atoms with Crippen LogP contribution in [0, 0.1) is 0 Å². The summed E-state index contributed by atoms with van der Waals surface area (Å²) in [6, 6.07) is 8.73. The molecule has 18 heavy (non-hydrogen) atoms. The first-order valence-electron chi connectivity index (χ1n) is 6.13. The Hall–Kier alpha value is -1.13. The molecule has 1 aromatic heterocycles. The maximum absolute atomic E-state index is 4.39. The molecule has 0 atom stereocenters. The van der Waals surface area contributed by atoms with Crippen molar-refractivity contribution in [1.82, 2.24) is 15.1 Å². The number of halogens is 1. The Morgan fingerprint density at radius 2 is 2.11 bits per heavy atom. The van der Waals surface area contributed by atoms with Gasteiger partial charge in [-0.25, -0.2) is 0 Å². The summed E-state index contributed by atoms with van der Waals surface area (Å²) in [6.07, 6.45) is 4.01. The lowest BCUT2D eigenvalue weighted by Gasteiger charge is -2.06. The van der Waals surface area contributed by atoms with E-state index in [9.17, 15) is 0 Å². The molecular formula is C14H18BrN3. The molecule has 96 valence electrons. The number of hydrogen-bond donors (Lipinski definition) is 1. The van der Waals surface area contributed by atoms with Crippen LogP contribution in [0.3, 0.4) is 0 Å². The van der Waals surface area contributed by atoms with Crippen LogP contribution in [-0.4, -0.2) is 15.8 Å². The van der Waals surface area contributed by atoms with Gasteiger partial charge in [-0.2, -0.15) is 5.10 Å². The second-order valence-corrected chi connectivity index (χ2v) is 5.53. The molecule has 1 heterocycles. The van der Waals surface area contributed by atoms with E-state index in [2.05, 4.69) is 58.5 Å². The highest BCUT2D eigenvalue weighted by atomic mass is 79.9. The van der Waals surface area contributed by atoms with Crippen molar-refractivity contribution in [3.8, 4) is 0 Å². The molecule has 3 nitrogen and oxygen atoms in total. The third-order valence-electron chi connectivity index (χ3n) is 2.69. The standard InChI is InChI=1S/C14H18BrN3/c1-11(2)16-7-12-8-17-18(9-12)10-13-5-3-4-6-14(13)15/h3-6,8-9,11,16H,7,10H2,1-2H3. The molecule has 2 rings (SSSR count). The van der Waals surface area contributed by atoms with E-state index in [0.717, 1.165) is 17.6 Å². The fourth-order valence-corrected chi connectivity index (χ4v) is 2.12. The number of hydrogen-bond acceptors (Lipinski definition) is 2. The predicted molar refractivity (Wildman–Crippen MR) is 77.4 cm³/mol. The van der Waals surface area contributed by atoms with E-state index in [-0.39, 0.29) is 0 Å². The first-order valence-corrected chi connectivity index (χ1v) is 6.92. The summed E-state index contributed by atoms with van der Waals surface area (Å²) < 4.78 is 3.10. The minimum Gasteiger partial charge on any atom is -0.310 e. The summed E-state index contributed by atoms with van der Waals surface area (Å²) in [7, 11) is 0. The second-order valence-electron chi connectivity index (χ2n) is 4.67. The zero-order valence-electron chi connectivity index (χ0n) is 10.7. The Morgan fingerprint density at radius 1 is 1.33 bits per heavy atom. The molecule has 4 heteroatoms. The molecule has 0 saturated heterocycles. The van der Waals surface area contributed by atoms with Crippen LogP contribution in [0.2, 0.25) is 0 Å². The van der Waals surface area contributed by atoms with Gasteiger partial charge in [-0.1, -0.05) is 48.0 Å². The highest BCUT2D eigenvalue weighted by Gasteiger charge is 2.03. The molecule has 0 aliphatic rings. The van der Waals surface area contributed by atoms with E-state index < -0.39 is 0 Å². The van der Waals surface area contributed by atoms with Gasteiger partial charge in [0.15, 0.2) is 0 Å². The third-order valence-corrected chi connectivity index (χ3v) is 3.46. The Labute approximate surface area is 116 Å². The molecule has 0 radical (unpaired) electrons. The summed E-state index contributed by atoms with van der Waals surface area (Å²) in [5.74, 6) is 0. The Kier molecular flexibility index (Phi) is 4.55. The van der Waals surface area contributed by atoms with Gasteiger partial charge in [-0.15, -0.1) is 0 Å². The van der Waals surface area contributed by atoms with Gasteiger partial charge in [0.1, 0.15) is 0 Å². The van der Waals surface area contributed by atoms with Crippen LogP contribution in [-0.2, 0) is 13.1 Å². The van der Waals surface area contributed by atoms with E-state index in [1.165, 1.54) is 11.1 Å². The third kappa shape index (κ3) is 3.68. The average molecular weight is 308 g/mol. The minimum absolute atomic E-state index is 0.497. The van der Waals surface area contributed by atoms with Gasteiger partial charge in [0.25, 0.3) is 0 Å². The fourth-order valence-electron chi connectivity index (χ4n) is 1.71. The van der Waals surface area contributed by atoms with Gasteiger partial charge in [0.2, 0.25) is 0 Å². The summed E-state index contributed by atoms with van der Waals surface area (Å²) >= 11 is 3.56. The molecule has 0 fully saturated rings. The van der Waals surface area contributed by atoms with Crippen LogP contribution in [0.5, 0.6) is 0 Å². The second kappa shape index (κ2) is 6.16. The topological polar surface area (TPSA) is 29.9 Å². The highest BCUT2D eigenvalue weighted by Crippen LogP contribution is 2.16. The van der Waals surface area contributed by atoms with Crippen molar-refractivity contribution >= 4 is 15.9 Å². The van der Waals surface area contributed by atoms with Gasteiger partial charge >= 0.3 is 0 Å². The maximum Gasteiger partial charge on any atom is 0.0670 e. The highest BCUT2D eigenvalue weighted by molar-refractivity contribution is 9.10. The average Bonchev–Trinajstić information content (AvgIpc) is 2.77. The van der Waals surface area contributed by atoms with Crippen LogP contribution in [0.4, 0.5) is 0 Å². The number of aromatic nitrogens is 2. The van der Waals surface area contributed by atoms with Gasteiger partial charge < -0.3 is 5.32 Å². The summed E-state index contributed by atoms with van der Waals surface area (Å²) in [6.45, 7) is 5.95. The van der Waals surface area contributed by atoms with Gasteiger partial charge in [-0.05, 0) is 11.6 Å². The van der Waals surface area contributed by atoms with Crippen molar-refractivity contribution in [2.45, 2.75) is 33.0 Å². The van der Waals surface area contributed by atoms with Gasteiger partial charge in [0.05, 0.1) is 12.7 Å². The van der Waals surface area contributed by atoms with Crippen molar-refractivity contribution in [2.24, 2.45) is 0 Å². The van der Waals surface area contributed by atoms with Gasteiger partial charge in [-0.3, -0.25) is 4.68 Å². The molecule has 0 saturated carbocycles. The molecule has 0 bridgehead atoms. The van der Waals surface area contributed by atoms with Gasteiger partial charge in [0, 0.05) is 28.8 Å².